The molecule has 0 spiro atoms. The third-order valence-electron chi connectivity index (χ3n) is 4.17. The summed E-state index contributed by atoms with van der Waals surface area (Å²) in [6.07, 6.45) is 0. The number of aryl methyl sites for hydroxylation is 2. The van der Waals surface area contributed by atoms with Gasteiger partial charge in [0, 0.05) is 0 Å². The summed E-state index contributed by atoms with van der Waals surface area (Å²) in [5.41, 5.74) is 10.7. The zero-order chi connectivity index (χ0) is 19.8. The van der Waals surface area contributed by atoms with Crippen molar-refractivity contribution in [3.05, 3.63) is 77.3 Å². The van der Waals surface area contributed by atoms with Crippen molar-refractivity contribution in [3.63, 3.8) is 0 Å². The quantitative estimate of drug-likeness (QED) is 0.285. The van der Waals surface area contributed by atoms with E-state index in [1.54, 1.807) is 25.1 Å². The molecule has 0 heterocycles. The summed E-state index contributed by atoms with van der Waals surface area (Å²) in [4.78, 5) is 2.18. The molecule has 0 aliphatic rings. The van der Waals surface area contributed by atoms with Crippen LogP contribution in [0.2, 0.25) is 0 Å². The van der Waals surface area contributed by atoms with Crippen LogP contribution in [0.15, 0.2) is 70.5 Å². The summed E-state index contributed by atoms with van der Waals surface area (Å²) in [6, 6.07) is 15.5. The van der Waals surface area contributed by atoms with E-state index in [4.69, 9.17) is 0 Å². The second kappa shape index (κ2) is 6.74. The first kappa shape index (κ1) is 19.0. The van der Waals surface area contributed by atoms with E-state index in [1.165, 1.54) is 30.3 Å². The van der Waals surface area contributed by atoms with Crippen molar-refractivity contribution < 1.29 is 21.6 Å². The van der Waals surface area contributed by atoms with Crippen molar-refractivity contribution in [2.45, 2.75) is 23.6 Å². The Morgan fingerprint density at radius 1 is 0.815 bits per heavy atom. The van der Waals surface area contributed by atoms with Crippen molar-refractivity contribution in [2.24, 2.45) is 0 Å². The van der Waals surface area contributed by atoms with Crippen molar-refractivity contribution in [3.8, 4) is 0 Å². The average molecular weight is 400 g/mol. The highest BCUT2D eigenvalue weighted by molar-refractivity contribution is 8.31. The first-order valence-corrected chi connectivity index (χ1v) is 10.9. The molecule has 3 aromatic rings. The lowest BCUT2D eigenvalue weighted by Crippen LogP contribution is -2.26. The van der Waals surface area contributed by atoms with Gasteiger partial charge >= 0.3 is 4.38 Å². The van der Waals surface area contributed by atoms with Crippen LogP contribution in [-0.2, 0) is 19.7 Å². The summed E-state index contributed by atoms with van der Waals surface area (Å²) < 4.78 is 50.3. The van der Waals surface area contributed by atoms with Gasteiger partial charge in [0.15, 0.2) is 0 Å². The molecule has 8 heteroatoms. The molecule has 0 atom stereocenters. The van der Waals surface area contributed by atoms with Crippen molar-refractivity contribution in [1.29, 1.82) is 0 Å². The third-order valence-corrected chi connectivity index (χ3v) is 8.48. The zero-order valence-corrected chi connectivity index (χ0v) is 16.3. The maximum atomic E-state index is 13.0. The Morgan fingerprint density at radius 2 is 1.48 bits per heavy atom. The predicted octanol–water partition coefficient (Wildman–Crippen LogP) is 3.29. The molecule has 0 aromatic heterocycles. The van der Waals surface area contributed by atoms with Crippen LogP contribution >= 0.6 is 0 Å². The summed E-state index contributed by atoms with van der Waals surface area (Å²) in [5, 5.41) is 1.47. The van der Waals surface area contributed by atoms with E-state index < -0.39 is 24.1 Å². The Morgan fingerprint density at radius 3 is 2.11 bits per heavy atom. The number of fused-ring (bicyclic) bond motifs is 1. The van der Waals surface area contributed by atoms with Gasteiger partial charge < -0.3 is 5.53 Å². The number of hydrogen-bond acceptors (Lipinski definition) is 4. The van der Waals surface area contributed by atoms with Crippen molar-refractivity contribution >= 4 is 34.8 Å². The number of rotatable bonds is 2. The van der Waals surface area contributed by atoms with Crippen LogP contribution in [0, 0.1) is 13.8 Å². The molecule has 3 aromatic carbocycles. The van der Waals surface area contributed by atoms with Crippen LogP contribution in [0.25, 0.3) is 16.3 Å². The Balaban J connectivity index is 2.24. The van der Waals surface area contributed by atoms with Gasteiger partial charge in [0.05, 0.1) is 9.79 Å². The summed E-state index contributed by atoms with van der Waals surface area (Å²) in [7, 11) is -9.10. The van der Waals surface area contributed by atoms with Crippen LogP contribution in [0.4, 0.5) is 0 Å². The monoisotopic (exact) mass is 400 g/mol. The number of sulfone groups is 2. The highest BCUT2D eigenvalue weighted by Gasteiger charge is 2.44. The maximum Gasteiger partial charge on any atom is 0.504 e. The first-order valence-electron chi connectivity index (χ1n) is 7.96. The fourth-order valence-corrected chi connectivity index (χ4v) is 6.44. The highest BCUT2D eigenvalue weighted by atomic mass is 32.3. The minimum Gasteiger partial charge on any atom is -0.359 e. The molecule has 27 heavy (non-hydrogen) atoms. The Hall–Kier alpha value is -2.80. The predicted molar refractivity (Wildman–Crippen MR) is 103 cm³/mol. The molecular weight excluding hydrogens is 384 g/mol. The normalized spacial score (nSPS) is 11.9. The number of benzene rings is 3. The van der Waals surface area contributed by atoms with Gasteiger partial charge in [0.2, 0.25) is 0 Å². The molecule has 0 unspecified atom stereocenters. The van der Waals surface area contributed by atoms with Crippen LogP contribution < -0.4 is 0 Å². The average Bonchev–Trinajstić information content (AvgIpc) is 2.61. The van der Waals surface area contributed by atoms with Crippen LogP contribution in [0.3, 0.4) is 0 Å². The molecule has 0 saturated carbocycles. The van der Waals surface area contributed by atoms with E-state index in [0.717, 1.165) is 10.9 Å². The molecule has 6 nitrogen and oxygen atoms in total. The molecule has 0 radical (unpaired) electrons. The van der Waals surface area contributed by atoms with Crippen LogP contribution in [-0.4, -0.2) is 26.0 Å². The molecular formula is C19H16N2O4S2. The lowest BCUT2D eigenvalue weighted by atomic mass is 10.1. The Kier molecular flexibility index (Phi) is 4.73. The summed E-state index contributed by atoms with van der Waals surface area (Å²) in [5.74, 6) is 0. The van der Waals surface area contributed by atoms with E-state index in [1.807, 2.05) is 19.1 Å². The molecule has 138 valence electrons. The molecule has 0 aliphatic heterocycles. The van der Waals surface area contributed by atoms with Gasteiger partial charge in [-0.1, -0.05) is 48.0 Å². The van der Waals surface area contributed by atoms with E-state index in [-0.39, 0.29) is 9.79 Å². The lowest BCUT2D eigenvalue weighted by Gasteiger charge is -2.08. The highest BCUT2D eigenvalue weighted by Crippen LogP contribution is 2.27. The van der Waals surface area contributed by atoms with Gasteiger partial charge in [0.25, 0.3) is 19.7 Å². The Bertz CT molecular complexity index is 1310. The van der Waals surface area contributed by atoms with Crippen LogP contribution in [0.5, 0.6) is 0 Å². The summed E-state index contributed by atoms with van der Waals surface area (Å²) >= 11 is 0. The van der Waals surface area contributed by atoms with Gasteiger partial charge in [0.1, 0.15) is 0 Å². The van der Waals surface area contributed by atoms with Crippen LogP contribution in [0.1, 0.15) is 11.1 Å². The second-order valence-corrected chi connectivity index (χ2v) is 10.1. The van der Waals surface area contributed by atoms with Gasteiger partial charge in [-0.2, -0.15) is 0 Å². The molecule has 0 aliphatic carbocycles. The fourth-order valence-electron chi connectivity index (χ4n) is 2.85. The van der Waals surface area contributed by atoms with Crippen molar-refractivity contribution in [2.75, 3.05) is 0 Å². The SMILES string of the molecule is Cc1ccc2cc(S(=O)(=O)C(=[N+]=[N-])S(=O)(=O)c3ccccc3)c(C)cc2c1. The minimum absolute atomic E-state index is 0.217. The maximum absolute atomic E-state index is 13.0. The topological polar surface area (TPSA) is 105 Å². The molecule has 0 bridgehead atoms. The van der Waals surface area contributed by atoms with E-state index in [2.05, 4.69) is 4.79 Å². The second-order valence-electron chi connectivity index (χ2n) is 6.15. The number of nitrogens with zero attached hydrogens (tertiary/aromatic N) is 2. The van der Waals surface area contributed by atoms with Gasteiger partial charge in [-0.3, -0.25) is 0 Å². The smallest absolute Gasteiger partial charge is 0.359 e. The molecule has 0 amide bonds. The van der Waals surface area contributed by atoms with Gasteiger partial charge in [-0.05, 0) is 48.4 Å². The minimum atomic E-state index is -4.58. The van der Waals surface area contributed by atoms with Gasteiger partial charge in [-0.25, -0.2) is 16.8 Å². The Labute approximate surface area is 157 Å². The molecule has 3 rings (SSSR count). The van der Waals surface area contributed by atoms with Crippen molar-refractivity contribution in [1.82, 2.24) is 0 Å². The third kappa shape index (κ3) is 3.30. The van der Waals surface area contributed by atoms with Gasteiger partial charge in [-0.15, -0.1) is 4.79 Å². The first-order chi connectivity index (χ1) is 12.7. The molecule has 0 fully saturated rings. The van der Waals surface area contributed by atoms with E-state index in [9.17, 15) is 22.4 Å². The fraction of sp³-hybridized carbons (Fsp3) is 0.105. The standard InChI is InChI=1S/C19H16N2O4S2/c1-13-8-9-15-12-18(14(2)11-16(15)10-13)27(24,25)19(21-20)26(22,23)17-6-4-3-5-7-17/h3-12H,1-2H3. The molecule has 0 saturated heterocycles. The van der Waals surface area contributed by atoms with E-state index in [0.29, 0.717) is 10.9 Å². The largest absolute Gasteiger partial charge is 0.504 e. The lowest BCUT2D eigenvalue weighted by molar-refractivity contribution is 0.00380. The summed E-state index contributed by atoms with van der Waals surface area (Å²) in [6.45, 7) is 3.49. The number of hydrogen-bond donors (Lipinski definition) is 0. The van der Waals surface area contributed by atoms with E-state index >= 15 is 0 Å². The molecule has 0 N–H and O–H groups in total. The zero-order valence-electron chi connectivity index (χ0n) is 14.6.